The van der Waals surface area contributed by atoms with Gasteiger partial charge in [-0.25, -0.2) is 4.98 Å². The van der Waals surface area contributed by atoms with Crippen molar-refractivity contribution in [3.63, 3.8) is 0 Å². The zero-order chi connectivity index (χ0) is 12.3. The van der Waals surface area contributed by atoms with Crippen LogP contribution in [0, 0.1) is 0 Å². The van der Waals surface area contributed by atoms with Gasteiger partial charge in [-0.15, -0.1) is 0 Å². The summed E-state index contributed by atoms with van der Waals surface area (Å²) in [6, 6.07) is 7.86. The fourth-order valence-corrected chi connectivity index (χ4v) is 2.08. The summed E-state index contributed by atoms with van der Waals surface area (Å²) < 4.78 is 0. The second-order valence-electron chi connectivity index (χ2n) is 3.25. The number of benzene rings is 1. The van der Waals surface area contributed by atoms with Crippen LogP contribution in [0.4, 0.5) is 11.5 Å². The summed E-state index contributed by atoms with van der Waals surface area (Å²) in [6.07, 6.45) is 1.47. The van der Waals surface area contributed by atoms with Crippen molar-refractivity contribution in [2.75, 3.05) is 5.32 Å². The maximum atomic E-state index is 5.98. The summed E-state index contributed by atoms with van der Waals surface area (Å²) in [6.45, 7) is 0. The van der Waals surface area contributed by atoms with Crippen LogP contribution in [-0.4, -0.2) is 9.97 Å². The fourth-order valence-electron chi connectivity index (χ4n) is 1.32. The van der Waals surface area contributed by atoms with Gasteiger partial charge in [0, 0.05) is 11.0 Å². The largest absolute Gasteiger partial charge is 0.339 e. The first-order valence-corrected chi connectivity index (χ1v) is 6.67. The lowest BCUT2D eigenvalue weighted by molar-refractivity contribution is 1.16. The van der Waals surface area contributed by atoms with Crippen molar-refractivity contribution in [3.8, 4) is 0 Å². The van der Waals surface area contributed by atoms with Crippen LogP contribution >= 0.6 is 39.1 Å². The SMILES string of the molecule is Clc1ncc(Cl)c(Nc2ccccc2CBr)n1. The summed E-state index contributed by atoms with van der Waals surface area (Å²) in [5, 5.41) is 4.47. The molecule has 0 bridgehead atoms. The van der Waals surface area contributed by atoms with E-state index in [1.54, 1.807) is 0 Å². The molecule has 1 heterocycles. The van der Waals surface area contributed by atoms with E-state index in [1.807, 2.05) is 24.3 Å². The van der Waals surface area contributed by atoms with Crippen LogP contribution < -0.4 is 5.32 Å². The van der Waals surface area contributed by atoms with E-state index in [1.165, 1.54) is 6.20 Å². The Bertz CT molecular complexity index is 534. The number of nitrogens with zero attached hydrogens (tertiary/aromatic N) is 2. The average Bonchev–Trinajstić information content (AvgIpc) is 2.34. The molecular formula is C11H8BrCl2N3. The van der Waals surface area contributed by atoms with E-state index in [0.29, 0.717) is 10.8 Å². The van der Waals surface area contributed by atoms with Gasteiger partial charge in [0.1, 0.15) is 5.02 Å². The summed E-state index contributed by atoms with van der Waals surface area (Å²) in [7, 11) is 0. The Kier molecular flexibility index (Phi) is 4.20. The molecule has 0 spiro atoms. The van der Waals surface area contributed by atoms with Crippen molar-refractivity contribution in [2.24, 2.45) is 0 Å². The standard InChI is InChI=1S/C11H8BrCl2N3/c12-5-7-3-1-2-4-9(7)16-10-8(13)6-15-11(14)17-10/h1-4,6H,5H2,(H,15,16,17). The van der Waals surface area contributed by atoms with Gasteiger partial charge in [0.25, 0.3) is 0 Å². The van der Waals surface area contributed by atoms with E-state index in [9.17, 15) is 0 Å². The smallest absolute Gasteiger partial charge is 0.224 e. The predicted octanol–water partition coefficient (Wildman–Crippen LogP) is 4.42. The minimum Gasteiger partial charge on any atom is -0.339 e. The summed E-state index contributed by atoms with van der Waals surface area (Å²) in [4.78, 5) is 7.84. The number of rotatable bonds is 3. The number of hydrogen-bond donors (Lipinski definition) is 1. The third-order valence-electron chi connectivity index (χ3n) is 2.13. The first kappa shape index (κ1) is 12.6. The molecule has 0 aliphatic rings. The molecule has 17 heavy (non-hydrogen) atoms. The molecule has 1 N–H and O–H groups in total. The first-order chi connectivity index (χ1) is 8.20. The topological polar surface area (TPSA) is 37.8 Å². The lowest BCUT2D eigenvalue weighted by Gasteiger charge is -2.10. The van der Waals surface area contributed by atoms with Crippen LogP contribution in [0.1, 0.15) is 5.56 Å². The highest BCUT2D eigenvalue weighted by Gasteiger charge is 2.06. The molecule has 0 saturated carbocycles. The monoisotopic (exact) mass is 331 g/mol. The van der Waals surface area contributed by atoms with Gasteiger partial charge in [0.05, 0.1) is 6.20 Å². The van der Waals surface area contributed by atoms with Crippen molar-refractivity contribution in [2.45, 2.75) is 5.33 Å². The Labute approximate surface area is 117 Å². The lowest BCUT2D eigenvalue weighted by Crippen LogP contribution is -1.98. The molecular weight excluding hydrogens is 325 g/mol. The van der Waals surface area contributed by atoms with Gasteiger partial charge in [0.15, 0.2) is 5.82 Å². The predicted molar refractivity (Wildman–Crippen MR) is 74.4 cm³/mol. The summed E-state index contributed by atoms with van der Waals surface area (Å²) in [5.41, 5.74) is 2.04. The van der Waals surface area contributed by atoms with E-state index in [-0.39, 0.29) is 5.28 Å². The van der Waals surface area contributed by atoms with Gasteiger partial charge < -0.3 is 5.32 Å². The van der Waals surface area contributed by atoms with Gasteiger partial charge in [0.2, 0.25) is 5.28 Å². The molecule has 0 aliphatic heterocycles. The fraction of sp³-hybridized carbons (Fsp3) is 0.0909. The number of alkyl halides is 1. The molecule has 88 valence electrons. The quantitative estimate of drug-likeness (QED) is 0.667. The van der Waals surface area contributed by atoms with E-state index in [4.69, 9.17) is 23.2 Å². The third kappa shape index (κ3) is 3.09. The molecule has 0 fully saturated rings. The lowest BCUT2D eigenvalue weighted by atomic mass is 10.2. The molecule has 0 amide bonds. The van der Waals surface area contributed by atoms with E-state index in [0.717, 1.165) is 16.6 Å². The van der Waals surface area contributed by atoms with Gasteiger partial charge in [-0.3, -0.25) is 0 Å². The first-order valence-electron chi connectivity index (χ1n) is 4.79. The van der Waals surface area contributed by atoms with Crippen LogP contribution in [0.2, 0.25) is 10.3 Å². The number of halogens is 3. The number of nitrogens with one attached hydrogen (secondary N) is 1. The number of aromatic nitrogens is 2. The number of anilines is 2. The zero-order valence-corrected chi connectivity index (χ0v) is 11.7. The van der Waals surface area contributed by atoms with Crippen LogP contribution in [0.5, 0.6) is 0 Å². The van der Waals surface area contributed by atoms with E-state index in [2.05, 4.69) is 31.2 Å². The van der Waals surface area contributed by atoms with E-state index < -0.39 is 0 Å². The van der Waals surface area contributed by atoms with E-state index >= 15 is 0 Å². The highest BCUT2D eigenvalue weighted by atomic mass is 79.9. The maximum absolute atomic E-state index is 5.98. The third-order valence-corrected chi connectivity index (χ3v) is 3.19. The molecule has 0 atom stereocenters. The molecule has 0 aliphatic carbocycles. The maximum Gasteiger partial charge on any atom is 0.224 e. The van der Waals surface area contributed by atoms with Crippen molar-refractivity contribution >= 4 is 50.6 Å². The molecule has 0 radical (unpaired) electrons. The van der Waals surface area contributed by atoms with Crippen LogP contribution in [-0.2, 0) is 5.33 Å². The zero-order valence-electron chi connectivity index (χ0n) is 8.62. The van der Waals surface area contributed by atoms with Crippen molar-refractivity contribution in [1.29, 1.82) is 0 Å². The number of hydrogen-bond acceptors (Lipinski definition) is 3. The van der Waals surface area contributed by atoms with Gasteiger partial charge >= 0.3 is 0 Å². The van der Waals surface area contributed by atoms with Crippen LogP contribution in [0.15, 0.2) is 30.5 Å². The molecule has 0 saturated heterocycles. The van der Waals surface area contributed by atoms with Crippen LogP contribution in [0.25, 0.3) is 0 Å². The highest BCUT2D eigenvalue weighted by Crippen LogP contribution is 2.26. The molecule has 0 unspecified atom stereocenters. The highest BCUT2D eigenvalue weighted by molar-refractivity contribution is 9.08. The average molecular weight is 333 g/mol. The van der Waals surface area contributed by atoms with Crippen molar-refractivity contribution in [1.82, 2.24) is 9.97 Å². The van der Waals surface area contributed by atoms with Gasteiger partial charge in [-0.2, -0.15) is 4.98 Å². The second-order valence-corrected chi connectivity index (χ2v) is 4.56. The number of para-hydroxylation sites is 1. The van der Waals surface area contributed by atoms with Gasteiger partial charge in [-0.05, 0) is 23.2 Å². The normalized spacial score (nSPS) is 10.3. The molecule has 3 nitrogen and oxygen atoms in total. The Morgan fingerprint density at radius 3 is 2.76 bits per heavy atom. The molecule has 1 aromatic carbocycles. The molecule has 2 aromatic rings. The minimum atomic E-state index is 0.160. The Morgan fingerprint density at radius 1 is 1.24 bits per heavy atom. The second kappa shape index (κ2) is 5.67. The summed E-state index contributed by atoms with van der Waals surface area (Å²) >= 11 is 15.1. The minimum absolute atomic E-state index is 0.160. The Balaban J connectivity index is 2.34. The molecule has 1 aromatic heterocycles. The Morgan fingerprint density at radius 2 is 2.00 bits per heavy atom. The van der Waals surface area contributed by atoms with Crippen LogP contribution in [0.3, 0.4) is 0 Å². The Hall–Kier alpha value is -0.840. The van der Waals surface area contributed by atoms with Gasteiger partial charge in [-0.1, -0.05) is 45.7 Å². The molecule has 6 heteroatoms. The molecule has 2 rings (SSSR count). The van der Waals surface area contributed by atoms with Crippen molar-refractivity contribution in [3.05, 3.63) is 46.3 Å². The summed E-state index contributed by atoms with van der Waals surface area (Å²) in [5.74, 6) is 0.500. The van der Waals surface area contributed by atoms with Crippen molar-refractivity contribution < 1.29 is 0 Å².